The zero-order valence-electron chi connectivity index (χ0n) is 11.4. The molecule has 1 aliphatic rings. The van der Waals surface area contributed by atoms with Gasteiger partial charge in [0.05, 0.1) is 0 Å². The number of nitrogens with zero attached hydrogens (tertiary/aromatic N) is 2. The quantitative estimate of drug-likeness (QED) is 0.853. The molecule has 0 spiro atoms. The lowest BCUT2D eigenvalue weighted by Crippen LogP contribution is -2.25. The maximum atomic E-state index is 5.87. The molecule has 2 rings (SSSR count). The Morgan fingerprint density at radius 1 is 1.41 bits per heavy atom. The number of hydrogen-bond acceptors (Lipinski definition) is 3. The third-order valence-electron chi connectivity index (χ3n) is 3.66. The van der Waals surface area contributed by atoms with Crippen molar-refractivity contribution < 1.29 is 0 Å². The van der Waals surface area contributed by atoms with Gasteiger partial charge in [-0.05, 0) is 31.7 Å². The van der Waals surface area contributed by atoms with Crippen molar-refractivity contribution in [2.24, 2.45) is 11.1 Å². The molecular formula is C14H23N3. The van der Waals surface area contributed by atoms with E-state index in [1.807, 2.05) is 0 Å². The molecule has 0 bridgehead atoms. The molecule has 0 unspecified atom stereocenters. The maximum Gasteiger partial charge on any atom is 0.0448 e. The van der Waals surface area contributed by atoms with E-state index in [4.69, 9.17) is 5.73 Å². The molecule has 0 radical (unpaired) electrons. The van der Waals surface area contributed by atoms with Gasteiger partial charge in [0.15, 0.2) is 0 Å². The third kappa shape index (κ3) is 2.44. The van der Waals surface area contributed by atoms with Gasteiger partial charge in [0.25, 0.3) is 0 Å². The summed E-state index contributed by atoms with van der Waals surface area (Å²) < 4.78 is 0. The highest BCUT2D eigenvalue weighted by atomic mass is 15.2. The molecule has 3 nitrogen and oxygen atoms in total. The molecule has 1 saturated heterocycles. The fourth-order valence-electron chi connectivity index (χ4n) is 2.69. The Morgan fingerprint density at radius 2 is 2.12 bits per heavy atom. The SMILES string of the molecule is Cc1cc(N2CCC(C)(C)C2)c(CN)c(C)n1. The number of pyridine rings is 1. The van der Waals surface area contributed by atoms with Gasteiger partial charge in [-0.25, -0.2) is 0 Å². The van der Waals surface area contributed by atoms with Crippen LogP contribution < -0.4 is 10.6 Å². The molecule has 0 aliphatic carbocycles. The smallest absolute Gasteiger partial charge is 0.0448 e. The molecule has 0 aromatic carbocycles. The molecule has 1 aromatic rings. The van der Waals surface area contributed by atoms with Crippen LogP contribution in [0.1, 0.15) is 37.2 Å². The highest BCUT2D eigenvalue weighted by molar-refractivity contribution is 5.57. The molecule has 0 atom stereocenters. The van der Waals surface area contributed by atoms with Crippen LogP contribution in [0.25, 0.3) is 0 Å². The summed E-state index contributed by atoms with van der Waals surface area (Å²) >= 11 is 0. The third-order valence-corrected chi connectivity index (χ3v) is 3.66. The second kappa shape index (κ2) is 4.30. The molecule has 1 aromatic heterocycles. The number of aryl methyl sites for hydroxylation is 2. The number of rotatable bonds is 2. The van der Waals surface area contributed by atoms with Crippen molar-refractivity contribution >= 4 is 5.69 Å². The summed E-state index contributed by atoms with van der Waals surface area (Å²) in [5, 5.41) is 0. The average Bonchev–Trinajstić information content (AvgIpc) is 2.57. The molecule has 2 N–H and O–H groups in total. The minimum atomic E-state index is 0.414. The van der Waals surface area contributed by atoms with E-state index in [1.54, 1.807) is 0 Å². The van der Waals surface area contributed by atoms with Crippen LogP contribution in [-0.2, 0) is 6.54 Å². The summed E-state index contributed by atoms with van der Waals surface area (Å²) in [7, 11) is 0. The zero-order valence-corrected chi connectivity index (χ0v) is 11.4. The summed E-state index contributed by atoms with van der Waals surface area (Å²) in [5.41, 5.74) is 10.9. The van der Waals surface area contributed by atoms with Crippen LogP contribution >= 0.6 is 0 Å². The van der Waals surface area contributed by atoms with Gasteiger partial charge < -0.3 is 10.6 Å². The Kier molecular flexibility index (Phi) is 3.13. The van der Waals surface area contributed by atoms with E-state index in [1.165, 1.54) is 17.7 Å². The summed E-state index contributed by atoms with van der Waals surface area (Å²) in [6.45, 7) is 11.6. The van der Waals surface area contributed by atoms with Gasteiger partial charge in [-0.1, -0.05) is 13.8 Å². The van der Waals surface area contributed by atoms with Gasteiger partial charge in [-0.15, -0.1) is 0 Å². The fourth-order valence-corrected chi connectivity index (χ4v) is 2.69. The normalized spacial score (nSPS) is 18.8. The maximum absolute atomic E-state index is 5.87. The van der Waals surface area contributed by atoms with Crippen LogP contribution in [0.15, 0.2) is 6.07 Å². The predicted octanol–water partition coefficient (Wildman–Crippen LogP) is 2.39. The van der Waals surface area contributed by atoms with Crippen molar-refractivity contribution in [3.8, 4) is 0 Å². The molecule has 17 heavy (non-hydrogen) atoms. The summed E-state index contributed by atoms with van der Waals surface area (Å²) in [6, 6.07) is 2.18. The Bertz CT molecular complexity index is 424. The lowest BCUT2D eigenvalue weighted by molar-refractivity contribution is 0.418. The highest BCUT2D eigenvalue weighted by Gasteiger charge is 2.30. The van der Waals surface area contributed by atoms with Gasteiger partial charge in [-0.3, -0.25) is 4.98 Å². The summed E-state index contributed by atoms with van der Waals surface area (Å²) in [4.78, 5) is 6.97. The predicted molar refractivity (Wildman–Crippen MR) is 72.2 cm³/mol. The van der Waals surface area contributed by atoms with E-state index >= 15 is 0 Å². The van der Waals surface area contributed by atoms with E-state index in [9.17, 15) is 0 Å². The first kappa shape index (κ1) is 12.4. The number of hydrogen-bond donors (Lipinski definition) is 1. The molecule has 0 amide bonds. The lowest BCUT2D eigenvalue weighted by Gasteiger charge is -2.25. The van der Waals surface area contributed by atoms with Crippen LogP contribution in [0.3, 0.4) is 0 Å². The second-order valence-corrected chi connectivity index (χ2v) is 5.89. The van der Waals surface area contributed by atoms with Gasteiger partial charge in [0.2, 0.25) is 0 Å². The molecule has 1 fully saturated rings. The molecule has 94 valence electrons. The van der Waals surface area contributed by atoms with Crippen molar-refractivity contribution in [1.82, 2.24) is 4.98 Å². The summed E-state index contributed by atoms with van der Waals surface area (Å²) in [5.74, 6) is 0. The van der Waals surface area contributed by atoms with Gasteiger partial charge in [0, 0.05) is 42.3 Å². The Balaban J connectivity index is 2.38. The van der Waals surface area contributed by atoms with E-state index in [0.717, 1.165) is 24.5 Å². The van der Waals surface area contributed by atoms with Crippen molar-refractivity contribution in [3.05, 3.63) is 23.0 Å². The Hall–Kier alpha value is -1.09. The van der Waals surface area contributed by atoms with E-state index in [2.05, 4.69) is 43.6 Å². The standard InChI is InChI=1S/C14H23N3/c1-10-7-13(12(8-15)11(2)16-10)17-6-5-14(3,4)9-17/h7H,5-6,8-9,15H2,1-4H3. The second-order valence-electron chi connectivity index (χ2n) is 5.89. The van der Waals surface area contributed by atoms with Crippen LogP contribution in [0.2, 0.25) is 0 Å². The van der Waals surface area contributed by atoms with Crippen LogP contribution in [0, 0.1) is 19.3 Å². The lowest BCUT2D eigenvalue weighted by atomic mass is 9.93. The number of nitrogens with two attached hydrogens (primary N) is 1. The first-order valence-corrected chi connectivity index (χ1v) is 6.35. The molecule has 0 saturated carbocycles. The fraction of sp³-hybridized carbons (Fsp3) is 0.643. The average molecular weight is 233 g/mol. The molecule has 2 heterocycles. The minimum absolute atomic E-state index is 0.414. The van der Waals surface area contributed by atoms with Crippen molar-refractivity contribution in [2.45, 2.75) is 40.7 Å². The monoisotopic (exact) mass is 233 g/mol. The van der Waals surface area contributed by atoms with Crippen molar-refractivity contribution in [1.29, 1.82) is 0 Å². The zero-order chi connectivity index (χ0) is 12.6. The van der Waals surface area contributed by atoms with Gasteiger partial charge >= 0.3 is 0 Å². The van der Waals surface area contributed by atoms with E-state index in [0.29, 0.717) is 12.0 Å². The Labute approximate surface area is 104 Å². The van der Waals surface area contributed by atoms with Crippen LogP contribution in [0.5, 0.6) is 0 Å². The van der Waals surface area contributed by atoms with E-state index < -0.39 is 0 Å². The van der Waals surface area contributed by atoms with Crippen LogP contribution in [-0.4, -0.2) is 18.1 Å². The van der Waals surface area contributed by atoms with Crippen molar-refractivity contribution in [2.75, 3.05) is 18.0 Å². The minimum Gasteiger partial charge on any atom is -0.371 e. The van der Waals surface area contributed by atoms with E-state index in [-0.39, 0.29) is 0 Å². The number of aromatic nitrogens is 1. The highest BCUT2D eigenvalue weighted by Crippen LogP contribution is 2.34. The molecular weight excluding hydrogens is 210 g/mol. The van der Waals surface area contributed by atoms with Gasteiger partial charge in [0.1, 0.15) is 0 Å². The largest absolute Gasteiger partial charge is 0.371 e. The first-order chi connectivity index (χ1) is 7.93. The van der Waals surface area contributed by atoms with Crippen molar-refractivity contribution in [3.63, 3.8) is 0 Å². The molecule has 3 heteroatoms. The van der Waals surface area contributed by atoms with Gasteiger partial charge in [-0.2, -0.15) is 0 Å². The number of anilines is 1. The van der Waals surface area contributed by atoms with Crippen LogP contribution in [0.4, 0.5) is 5.69 Å². The first-order valence-electron chi connectivity index (χ1n) is 6.35. The summed E-state index contributed by atoms with van der Waals surface area (Å²) in [6.07, 6.45) is 1.25. The Morgan fingerprint density at radius 3 is 2.65 bits per heavy atom. The molecule has 1 aliphatic heterocycles. The topological polar surface area (TPSA) is 42.1 Å².